The van der Waals surface area contributed by atoms with Gasteiger partial charge in [-0.25, -0.2) is 0 Å². The lowest BCUT2D eigenvalue weighted by Gasteiger charge is -2.05. The van der Waals surface area contributed by atoms with Crippen molar-refractivity contribution in [1.29, 1.82) is 0 Å². The van der Waals surface area contributed by atoms with Crippen LogP contribution in [0.3, 0.4) is 0 Å². The molecule has 1 N–H and O–H groups in total. The highest BCUT2D eigenvalue weighted by Gasteiger charge is 2.13. The minimum absolute atomic E-state index is 0.439. The molecule has 2 nitrogen and oxygen atoms in total. The van der Waals surface area contributed by atoms with Crippen LogP contribution >= 0.6 is 11.6 Å². The minimum Gasteiger partial charge on any atom is -0.366 e. The third-order valence-electron chi connectivity index (χ3n) is 2.00. The van der Waals surface area contributed by atoms with Crippen LogP contribution in [0.5, 0.6) is 0 Å². The SMILES string of the molecule is CC1CN=C(c2cccc(Cl)c2)N1. The van der Waals surface area contributed by atoms with Crippen molar-refractivity contribution in [2.75, 3.05) is 6.54 Å². The molecule has 13 heavy (non-hydrogen) atoms. The van der Waals surface area contributed by atoms with Crippen LogP contribution in [0.15, 0.2) is 29.3 Å². The number of aliphatic imine (C=N–C) groups is 1. The van der Waals surface area contributed by atoms with Gasteiger partial charge in [0.15, 0.2) is 0 Å². The Kier molecular flexibility index (Phi) is 2.23. The second-order valence-corrected chi connectivity index (χ2v) is 3.68. The predicted octanol–water partition coefficient (Wildman–Crippen LogP) is 2.08. The number of hydrogen-bond donors (Lipinski definition) is 1. The Balaban J connectivity index is 2.26. The van der Waals surface area contributed by atoms with Gasteiger partial charge in [-0.1, -0.05) is 23.7 Å². The second-order valence-electron chi connectivity index (χ2n) is 3.25. The van der Waals surface area contributed by atoms with Gasteiger partial charge in [-0.15, -0.1) is 0 Å². The van der Waals surface area contributed by atoms with Crippen molar-refractivity contribution in [3.63, 3.8) is 0 Å². The molecule has 0 bridgehead atoms. The van der Waals surface area contributed by atoms with Gasteiger partial charge >= 0.3 is 0 Å². The zero-order valence-electron chi connectivity index (χ0n) is 7.42. The summed E-state index contributed by atoms with van der Waals surface area (Å²) in [4.78, 5) is 4.37. The van der Waals surface area contributed by atoms with E-state index in [1.54, 1.807) is 0 Å². The molecule has 0 radical (unpaired) electrons. The van der Waals surface area contributed by atoms with Crippen LogP contribution in [-0.2, 0) is 0 Å². The average Bonchev–Trinajstić information content (AvgIpc) is 2.52. The fraction of sp³-hybridized carbons (Fsp3) is 0.300. The van der Waals surface area contributed by atoms with E-state index < -0.39 is 0 Å². The maximum absolute atomic E-state index is 5.88. The first-order valence-electron chi connectivity index (χ1n) is 4.32. The van der Waals surface area contributed by atoms with E-state index in [0.29, 0.717) is 6.04 Å². The van der Waals surface area contributed by atoms with Crippen LogP contribution in [0.1, 0.15) is 12.5 Å². The third-order valence-corrected chi connectivity index (χ3v) is 2.24. The molecule has 1 aromatic rings. The van der Waals surface area contributed by atoms with Crippen molar-refractivity contribution >= 4 is 17.4 Å². The summed E-state index contributed by atoms with van der Waals surface area (Å²) in [5.41, 5.74) is 1.07. The van der Waals surface area contributed by atoms with E-state index in [0.717, 1.165) is 23.0 Å². The molecule has 1 atom stereocenters. The molecule has 1 aliphatic rings. The predicted molar refractivity (Wildman–Crippen MR) is 55.5 cm³/mol. The van der Waals surface area contributed by atoms with E-state index in [1.165, 1.54) is 0 Å². The molecule has 0 saturated heterocycles. The molecule has 68 valence electrons. The zero-order valence-corrected chi connectivity index (χ0v) is 8.17. The Morgan fingerprint density at radius 3 is 3.00 bits per heavy atom. The first kappa shape index (κ1) is 8.57. The van der Waals surface area contributed by atoms with Gasteiger partial charge in [0, 0.05) is 16.6 Å². The molecule has 3 heteroatoms. The molecule has 1 heterocycles. The van der Waals surface area contributed by atoms with E-state index in [2.05, 4.69) is 17.2 Å². The molecule has 0 spiro atoms. The van der Waals surface area contributed by atoms with Gasteiger partial charge in [0.2, 0.25) is 0 Å². The average molecular weight is 195 g/mol. The maximum atomic E-state index is 5.88. The normalized spacial score (nSPS) is 21.1. The number of nitrogens with one attached hydrogen (secondary N) is 1. The van der Waals surface area contributed by atoms with Crippen molar-refractivity contribution in [3.8, 4) is 0 Å². The summed E-state index contributed by atoms with van der Waals surface area (Å²) < 4.78 is 0. The van der Waals surface area contributed by atoms with Crippen molar-refractivity contribution in [1.82, 2.24) is 5.32 Å². The van der Waals surface area contributed by atoms with Crippen molar-refractivity contribution in [3.05, 3.63) is 34.9 Å². The summed E-state index contributed by atoms with van der Waals surface area (Å²) in [7, 11) is 0. The molecule has 0 saturated carbocycles. The van der Waals surface area contributed by atoms with E-state index in [9.17, 15) is 0 Å². The number of rotatable bonds is 1. The Bertz CT molecular complexity index is 347. The minimum atomic E-state index is 0.439. The Hall–Kier alpha value is -1.02. The first-order chi connectivity index (χ1) is 6.25. The molecule has 1 unspecified atom stereocenters. The van der Waals surface area contributed by atoms with Crippen molar-refractivity contribution < 1.29 is 0 Å². The molecule has 0 fully saturated rings. The van der Waals surface area contributed by atoms with Crippen LogP contribution in [0.2, 0.25) is 5.02 Å². The Morgan fingerprint density at radius 2 is 2.38 bits per heavy atom. The van der Waals surface area contributed by atoms with Crippen molar-refractivity contribution in [2.24, 2.45) is 4.99 Å². The highest BCUT2D eigenvalue weighted by atomic mass is 35.5. The van der Waals surface area contributed by atoms with Gasteiger partial charge in [-0.05, 0) is 19.1 Å². The number of benzene rings is 1. The van der Waals surface area contributed by atoms with Crippen LogP contribution in [0, 0.1) is 0 Å². The zero-order chi connectivity index (χ0) is 9.26. The van der Waals surface area contributed by atoms with Gasteiger partial charge in [-0.3, -0.25) is 4.99 Å². The van der Waals surface area contributed by atoms with Crippen LogP contribution < -0.4 is 5.32 Å². The van der Waals surface area contributed by atoms with E-state index >= 15 is 0 Å². The van der Waals surface area contributed by atoms with Gasteiger partial charge in [0.1, 0.15) is 5.84 Å². The number of hydrogen-bond acceptors (Lipinski definition) is 2. The summed E-state index contributed by atoms with van der Waals surface area (Å²) in [6, 6.07) is 8.17. The smallest absolute Gasteiger partial charge is 0.128 e. The highest BCUT2D eigenvalue weighted by Crippen LogP contribution is 2.12. The van der Waals surface area contributed by atoms with Gasteiger partial charge in [0.25, 0.3) is 0 Å². The topological polar surface area (TPSA) is 24.4 Å². The van der Waals surface area contributed by atoms with E-state index in [1.807, 2.05) is 24.3 Å². The fourth-order valence-corrected chi connectivity index (χ4v) is 1.55. The maximum Gasteiger partial charge on any atom is 0.128 e. The molecule has 1 aromatic carbocycles. The quantitative estimate of drug-likeness (QED) is 0.728. The van der Waals surface area contributed by atoms with Gasteiger partial charge in [0.05, 0.1) is 6.54 Å². The molecular formula is C10H11ClN2. The number of amidine groups is 1. The van der Waals surface area contributed by atoms with Crippen LogP contribution in [0.4, 0.5) is 0 Å². The van der Waals surface area contributed by atoms with Crippen LogP contribution in [-0.4, -0.2) is 18.4 Å². The number of nitrogens with zero attached hydrogens (tertiary/aromatic N) is 1. The van der Waals surface area contributed by atoms with Crippen LogP contribution in [0.25, 0.3) is 0 Å². The van der Waals surface area contributed by atoms with Gasteiger partial charge < -0.3 is 5.32 Å². The molecule has 0 aliphatic carbocycles. The second kappa shape index (κ2) is 3.38. The standard InChI is InChI=1S/C10H11ClN2/c1-7-6-12-10(13-7)8-3-2-4-9(11)5-8/h2-5,7H,6H2,1H3,(H,12,13). The monoisotopic (exact) mass is 194 g/mol. The summed E-state index contributed by atoms with van der Waals surface area (Å²) in [6.45, 7) is 2.96. The summed E-state index contributed by atoms with van der Waals surface area (Å²) in [5.74, 6) is 0.954. The summed E-state index contributed by atoms with van der Waals surface area (Å²) in [6.07, 6.45) is 0. The lowest BCUT2D eigenvalue weighted by Crippen LogP contribution is -2.27. The lowest BCUT2D eigenvalue weighted by atomic mass is 10.2. The summed E-state index contributed by atoms with van der Waals surface area (Å²) in [5, 5.41) is 4.04. The molecule has 0 aromatic heterocycles. The summed E-state index contributed by atoms with van der Waals surface area (Å²) >= 11 is 5.88. The molecule has 2 rings (SSSR count). The van der Waals surface area contributed by atoms with E-state index in [4.69, 9.17) is 11.6 Å². The largest absolute Gasteiger partial charge is 0.366 e. The highest BCUT2D eigenvalue weighted by molar-refractivity contribution is 6.31. The Labute approximate surface area is 82.6 Å². The van der Waals surface area contributed by atoms with Crippen molar-refractivity contribution in [2.45, 2.75) is 13.0 Å². The number of halogens is 1. The Morgan fingerprint density at radius 1 is 1.54 bits per heavy atom. The van der Waals surface area contributed by atoms with Gasteiger partial charge in [-0.2, -0.15) is 0 Å². The molecule has 0 amide bonds. The van der Waals surface area contributed by atoms with E-state index in [-0.39, 0.29) is 0 Å². The molecular weight excluding hydrogens is 184 g/mol. The lowest BCUT2D eigenvalue weighted by molar-refractivity contribution is 0.726. The first-order valence-corrected chi connectivity index (χ1v) is 4.70. The third kappa shape index (κ3) is 1.83. The molecule has 1 aliphatic heterocycles. The fourth-order valence-electron chi connectivity index (χ4n) is 1.36.